The van der Waals surface area contributed by atoms with Gasteiger partial charge in [-0.2, -0.15) is 0 Å². The summed E-state index contributed by atoms with van der Waals surface area (Å²) in [6.45, 7) is 5.16. The molecule has 0 fully saturated rings. The van der Waals surface area contributed by atoms with Gasteiger partial charge < -0.3 is 9.84 Å². The first-order chi connectivity index (χ1) is 5.33. The van der Waals surface area contributed by atoms with Crippen LogP contribution in [0.4, 0.5) is 0 Å². The Kier molecular flexibility index (Phi) is 3.11. The van der Waals surface area contributed by atoms with E-state index in [0.717, 1.165) is 18.5 Å². The maximum atomic E-state index is 4.69. The van der Waals surface area contributed by atoms with Gasteiger partial charge in [0, 0.05) is 18.2 Å². The second kappa shape index (κ2) is 4.13. The largest absolute Gasteiger partial charge is 0.364 e. The minimum atomic E-state index is 0.560. The average Bonchev–Trinajstić information content (AvgIpc) is 2.52. The van der Waals surface area contributed by atoms with Crippen molar-refractivity contribution in [3.05, 3.63) is 18.0 Å². The highest BCUT2D eigenvalue weighted by Crippen LogP contribution is 1.97. The Balaban J connectivity index is 2.23. The summed E-state index contributed by atoms with van der Waals surface area (Å²) < 4.78 is 4.69. The van der Waals surface area contributed by atoms with Crippen molar-refractivity contribution in [1.29, 1.82) is 0 Å². The molecule has 1 N–H and O–H groups in total. The Morgan fingerprint density at radius 1 is 1.73 bits per heavy atom. The Hall–Kier alpha value is -0.830. The molecule has 0 amide bonds. The summed E-state index contributed by atoms with van der Waals surface area (Å²) in [4.78, 5) is 0. The van der Waals surface area contributed by atoms with E-state index in [-0.39, 0.29) is 0 Å². The highest BCUT2D eigenvalue weighted by Gasteiger charge is 1.98. The zero-order valence-electron chi connectivity index (χ0n) is 7.00. The van der Waals surface area contributed by atoms with Crippen LogP contribution in [-0.4, -0.2) is 11.2 Å². The molecule has 3 heteroatoms. The minimum absolute atomic E-state index is 0.560. The average molecular weight is 154 g/mol. The summed E-state index contributed by atoms with van der Waals surface area (Å²) in [6, 6.07) is 0.560. The minimum Gasteiger partial charge on any atom is -0.364 e. The van der Waals surface area contributed by atoms with Crippen LogP contribution in [0.5, 0.6) is 0 Å². The number of hydrogen-bond acceptors (Lipinski definition) is 3. The van der Waals surface area contributed by atoms with Crippen LogP contribution in [0.15, 0.2) is 17.0 Å². The van der Waals surface area contributed by atoms with Crippen LogP contribution in [-0.2, 0) is 6.54 Å². The first-order valence-electron chi connectivity index (χ1n) is 3.94. The molecule has 0 spiro atoms. The number of nitrogens with zero attached hydrogens (tertiary/aromatic N) is 1. The molecule has 3 nitrogen and oxygen atoms in total. The van der Waals surface area contributed by atoms with E-state index in [1.807, 2.05) is 0 Å². The molecule has 0 aliphatic carbocycles. The molecule has 0 bridgehead atoms. The smallest absolute Gasteiger partial charge is 0.128 e. The number of rotatable bonds is 4. The van der Waals surface area contributed by atoms with Gasteiger partial charge in [-0.25, -0.2) is 0 Å². The molecule has 0 radical (unpaired) electrons. The van der Waals surface area contributed by atoms with Gasteiger partial charge in [0.2, 0.25) is 0 Å². The molecule has 0 aliphatic rings. The lowest BCUT2D eigenvalue weighted by Crippen LogP contribution is -2.24. The van der Waals surface area contributed by atoms with Crippen molar-refractivity contribution in [3.63, 3.8) is 0 Å². The summed E-state index contributed by atoms with van der Waals surface area (Å²) in [5.74, 6) is 0. The van der Waals surface area contributed by atoms with Crippen molar-refractivity contribution < 1.29 is 4.52 Å². The third kappa shape index (κ3) is 2.72. The van der Waals surface area contributed by atoms with E-state index in [0.29, 0.717) is 6.04 Å². The van der Waals surface area contributed by atoms with Crippen molar-refractivity contribution >= 4 is 0 Å². The lowest BCUT2D eigenvalue weighted by molar-refractivity contribution is 0.418. The summed E-state index contributed by atoms with van der Waals surface area (Å²) >= 11 is 0. The fourth-order valence-corrected chi connectivity index (χ4v) is 0.750. The van der Waals surface area contributed by atoms with Crippen LogP contribution in [0.2, 0.25) is 0 Å². The van der Waals surface area contributed by atoms with Gasteiger partial charge in [-0.05, 0) is 13.3 Å². The molecule has 1 aromatic rings. The highest BCUT2D eigenvalue weighted by atomic mass is 16.5. The van der Waals surface area contributed by atoms with E-state index in [2.05, 4.69) is 24.3 Å². The molecule has 11 heavy (non-hydrogen) atoms. The van der Waals surface area contributed by atoms with Gasteiger partial charge in [0.05, 0.1) is 6.20 Å². The maximum Gasteiger partial charge on any atom is 0.128 e. The maximum absolute atomic E-state index is 4.69. The van der Waals surface area contributed by atoms with E-state index in [1.54, 1.807) is 12.5 Å². The van der Waals surface area contributed by atoms with Crippen LogP contribution in [0.3, 0.4) is 0 Å². The number of hydrogen-bond donors (Lipinski definition) is 1. The lowest BCUT2D eigenvalue weighted by atomic mass is 10.2. The SMILES string of the molecule is CCC(C)NCc1cnoc1. The predicted octanol–water partition coefficient (Wildman–Crippen LogP) is 1.56. The second-order valence-corrected chi connectivity index (χ2v) is 2.72. The molecule has 0 aromatic carbocycles. The molecule has 0 saturated carbocycles. The summed E-state index contributed by atoms with van der Waals surface area (Å²) in [7, 11) is 0. The number of nitrogens with one attached hydrogen (secondary N) is 1. The molecule has 0 saturated heterocycles. The Morgan fingerprint density at radius 3 is 3.09 bits per heavy atom. The molecule has 1 unspecified atom stereocenters. The van der Waals surface area contributed by atoms with Crippen molar-refractivity contribution in [2.24, 2.45) is 0 Å². The zero-order valence-corrected chi connectivity index (χ0v) is 7.00. The molecular weight excluding hydrogens is 140 g/mol. The van der Waals surface area contributed by atoms with Crippen molar-refractivity contribution in [2.45, 2.75) is 32.9 Å². The van der Waals surface area contributed by atoms with Crippen molar-refractivity contribution in [1.82, 2.24) is 10.5 Å². The van der Waals surface area contributed by atoms with E-state index in [1.165, 1.54) is 0 Å². The molecule has 1 heterocycles. The van der Waals surface area contributed by atoms with E-state index >= 15 is 0 Å². The van der Waals surface area contributed by atoms with Gasteiger partial charge in [-0.15, -0.1) is 0 Å². The summed E-state index contributed by atoms with van der Waals surface area (Å²) in [5, 5.41) is 6.95. The second-order valence-electron chi connectivity index (χ2n) is 2.72. The van der Waals surface area contributed by atoms with Crippen molar-refractivity contribution in [2.75, 3.05) is 0 Å². The zero-order chi connectivity index (χ0) is 8.10. The fourth-order valence-electron chi connectivity index (χ4n) is 0.750. The van der Waals surface area contributed by atoms with Crippen LogP contribution >= 0.6 is 0 Å². The van der Waals surface area contributed by atoms with Crippen LogP contribution in [0.25, 0.3) is 0 Å². The van der Waals surface area contributed by atoms with Crippen LogP contribution in [0.1, 0.15) is 25.8 Å². The summed E-state index contributed by atoms with van der Waals surface area (Å²) in [6.07, 6.45) is 4.54. The summed E-state index contributed by atoms with van der Waals surface area (Å²) in [5.41, 5.74) is 1.10. The third-order valence-corrected chi connectivity index (χ3v) is 1.75. The Bertz CT molecular complexity index is 184. The normalized spacial score (nSPS) is 13.3. The van der Waals surface area contributed by atoms with Gasteiger partial charge >= 0.3 is 0 Å². The van der Waals surface area contributed by atoms with Gasteiger partial charge in [-0.3, -0.25) is 0 Å². The molecule has 1 rings (SSSR count). The molecule has 62 valence electrons. The fraction of sp³-hybridized carbons (Fsp3) is 0.625. The predicted molar refractivity (Wildman–Crippen MR) is 43.1 cm³/mol. The third-order valence-electron chi connectivity index (χ3n) is 1.75. The van der Waals surface area contributed by atoms with E-state index in [4.69, 9.17) is 4.52 Å². The standard InChI is InChI=1S/C8H14N2O/c1-3-7(2)9-4-8-5-10-11-6-8/h5-7,9H,3-4H2,1-2H3. The Labute approximate surface area is 66.8 Å². The topological polar surface area (TPSA) is 38.1 Å². The van der Waals surface area contributed by atoms with Crippen molar-refractivity contribution in [3.8, 4) is 0 Å². The Morgan fingerprint density at radius 2 is 2.55 bits per heavy atom. The first-order valence-corrected chi connectivity index (χ1v) is 3.94. The van der Waals surface area contributed by atoms with Gasteiger partial charge in [0.1, 0.15) is 6.26 Å². The molecule has 0 aliphatic heterocycles. The monoisotopic (exact) mass is 154 g/mol. The first kappa shape index (κ1) is 8.27. The van der Waals surface area contributed by atoms with Crippen LogP contribution < -0.4 is 5.32 Å². The van der Waals surface area contributed by atoms with Gasteiger partial charge in [0.25, 0.3) is 0 Å². The lowest BCUT2D eigenvalue weighted by Gasteiger charge is -2.08. The highest BCUT2D eigenvalue weighted by molar-refractivity contribution is 4.99. The molecular formula is C8H14N2O. The quantitative estimate of drug-likeness (QED) is 0.715. The van der Waals surface area contributed by atoms with Gasteiger partial charge in [-0.1, -0.05) is 12.1 Å². The number of aromatic nitrogens is 1. The molecule has 1 atom stereocenters. The van der Waals surface area contributed by atoms with Crippen LogP contribution in [0, 0.1) is 0 Å². The van der Waals surface area contributed by atoms with E-state index in [9.17, 15) is 0 Å². The van der Waals surface area contributed by atoms with E-state index < -0.39 is 0 Å². The van der Waals surface area contributed by atoms with Gasteiger partial charge in [0.15, 0.2) is 0 Å². The molecule has 1 aromatic heterocycles.